The van der Waals surface area contributed by atoms with Crippen LogP contribution in [0.1, 0.15) is 277 Å². The Balaban J connectivity index is 1.34. The van der Waals surface area contributed by atoms with Crippen LogP contribution in [-0.2, 0) is 70.6 Å². The Labute approximate surface area is 624 Å². The highest BCUT2D eigenvalue weighted by Gasteiger charge is 2.29. The van der Waals surface area contributed by atoms with Crippen molar-refractivity contribution >= 4 is 47.8 Å². The zero-order valence-electron chi connectivity index (χ0n) is 66.1. The molecule has 0 unspecified atom stereocenters. The molecule has 0 amide bonds. The third kappa shape index (κ3) is 30.5. The average molecular weight is 1460 g/mol. The lowest BCUT2D eigenvalue weighted by atomic mass is 9.98. The number of benzene rings is 6. The second-order valence-electron chi connectivity index (χ2n) is 33.6. The van der Waals surface area contributed by atoms with E-state index < -0.39 is 92.6 Å². The standard InChI is InChI=1S/C85H106O21/c1-78(2,3)99-70(86)57-33-53(34-58(39-57)71(87)100-79(4,5)6)28-27-52-31-54(49-96-67-43-59(72(88)101-80(7,8)9)40-60(44-67)73(89)102-81(10,11)12)36-65(35-52)94-29-25-26-30-95-66-37-55(50-97-68-45-61(74(90)103-82(13,14)15)41-62(46-68)75(91)104-83(16,17)18)32-56(38-66)51-98-69-47-63(76(92)105-84(19,20)21)42-64(48-69)77(93)106-85(22,23)24/h25-26,31-48H,27-30,49-51H2,1-24H3/b26-25-. The molecule has 0 fully saturated rings. The van der Waals surface area contributed by atoms with Crippen LogP contribution in [0.3, 0.4) is 0 Å². The quantitative estimate of drug-likeness (QED) is 0.0278. The van der Waals surface area contributed by atoms with Gasteiger partial charge in [0.15, 0.2) is 0 Å². The van der Waals surface area contributed by atoms with Crippen LogP contribution in [-0.4, -0.2) is 106 Å². The predicted octanol–water partition coefficient (Wildman–Crippen LogP) is 17.9. The topological polar surface area (TPSA) is 257 Å². The van der Waals surface area contributed by atoms with Crippen molar-refractivity contribution in [2.75, 3.05) is 13.2 Å². The smallest absolute Gasteiger partial charge is 0.338 e. The van der Waals surface area contributed by atoms with E-state index in [0.717, 1.165) is 5.56 Å². The summed E-state index contributed by atoms with van der Waals surface area (Å²) >= 11 is 0. The second kappa shape index (κ2) is 34.4. The first-order valence-electron chi connectivity index (χ1n) is 35.2. The van der Waals surface area contributed by atoms with Crippen molar-refractivity contribution < 1.29 is 99.9 Å². The zero-order valence-corrected chi connectivity index (χ0v) is 66.1. The number of carbonyl (C=O) groups is 8. The molecule has 106 heavy (non-hydrogen) atoms. The summed E-state index contributed by atoms with van der Waals surface area (Å²) in [6.45, 7) is 41.5. The fourth-order valence-corrected chi connectivity index (χ4v) is 9.75. The van der Waals surface area contributed by atoms with Gasteiger partial charge in [0.05, 0.1) is 44.5 Å². The van der Waals surface area contributed by atoms with Crippen LogP contribution in [0.15, 0.2) is 121 Å². The molecule has 0 aliphatic heterocycles. The van der Waals surface area contributed by atoms with Gasteiger partial charge in [0.2, 0.25) is 0 Å². The van der Waals surface area contributed by atoms with Gasteiger partial charge in [-0.15, -0.1) is 0 Å². The lowest BCUT2D eigenvalue weighted by Gasteiger charge is -2.21. The van der Waals surface area contributed by atoms with E-state index >= 15 is 0 Å². The third-order valence-electron chi connectivity index (χ3n) is 13.6. The Kier molecular flexibility index (Phi) is 27.5. The maximum atomic E-state index is 13.6. The van der Waals surface area contributed by atoms with Gasteiger partial charge in [-0.25, -0.2) is 38.4 Å². The maximum absolute atomic E-state index is 13.6. The van der Waals surface area contributed by atoms with Crippen molar-refractivity contribution in [2.45, 2.75) is 244 Å². The van der Waals surface area contributed by atoms with Crippen molar-refractivity contribution in [1.29, 1.82) is 0 Å². The second-order valence-corrected chi connectivity index (χ2v) is 33.6. The van der Waals surface area contributed by atoms with Crippen LogP contribution in [0.5, 0.6) is 28.7 Å². The molecule has 0 saturated heterocycles. The van der Waals surface area contributed by atoms with Crippen molar-refractivity contribution in [2.24, 2.45) is 0 Å². The van der Waals surface area contributed by atoms with Crippen LogP contribution in [0.4, 0.5) is 0 Å². The van der Waals surface area contributed by atoms with Crippen LogP contribution in [0, 0.1) is 0 Å². The number of esters is 8. The number of rotatable bonds is 26. The van der Waals surface area contributed by atoms with Gasteiger partial charge in [-0.1, -0.05) is 6.07 Å². The van der Waals surface area contributed by atoms with Gasteiger partial charge in [-0.05, 0) is 322 Å². The lowest BCUT2D eigenvalue weighted by Crippen LogP contribution is -2.25. The van der Waals surface area contributed by atoms with Gasteiger partial charge in [-0.2, -0.15) is 0 Å². The van der Waals surface area contributed by atoms with Gasteiger partial charge in [-0.3, -0.25) is 0 Å². The molecule has 572 valence electrons. The molecule has 6 aromatic carbocycles. The van der Waals surface area contributed by atoms with E-state index in [1.807, 2.05) is 12.1 Å². The van der Waals surface area contributed by atoms with Gasteiger partial charge in [0.1, 0.15) is 107 Å². The summed E-state index contributed by atoms with van der Waals surface area (Å²) in [5.74, 6) is -3.97. The van der Waals surface area contributed by atoms with Crippen molar-refractivity contribution in [3.63, 3.8) is 0 Å². The third-order valence-corrected chi connectivity index (χ3v) is 13.6. The molecule has 0 aliphatic rings. The molecule has 0 heterocycles. The Morgan fingerprint density at radius 2 is 0.387 bits per heavy atom. The largest absolute Gasteiger partial charge is 0.490 e. The van der Waals surface area contributed by atoms with Gasteiger partial charge in [0.25, 0.3) is 0 Å². The number of aryl methyl sites for hydroxylation is 2. The van der Waals surface area contributed by atoms with Crippen molar-refractivity contribution in [3.8, 4) is 28.7 Å². The molecule has 0 bridgehead atoms. The summed E-state index contributed by atoms with van der Waals surface area (Å²) < 4.78 is 77.4. The van der Waals surface area contributed by atoms with Crippen LogP contribution in [0.25, 0.3) is 0 Å². The Morgan fingerprint density at radius 3 is 0.594 bits per heavy atom. The monoisotopic (exact) mass is 1460 g/mol. The van der Waals surface area contributed by atoms with Crippen LogP contribution < -0.4 is 23.7 Å². The van der Waals surface area contributed by atoms with Gasteiger partial charge < -0.3 is 61.6 Å². The first-order valence-corrected chi connectivity index (χ1v) is 35.2. The van der Waals surface area contributed by atoms with Gasteiger partial charge in [0, 0.05) is 0 Å². The predicted molar refractivity (Wildman–Crippen MR) is 401 cm³/mol. The SMILES string of the molecule is CC(C)(C)OC(=O)c1cc(CCc2cc(COc3cc(C(=O)OC(C)(C)C)cc(C(=O)OC(C)(C)C)c3)cc(OC/C=C\COc3cc(COc4cc(C(=O)OC(C)(C)C)cc(C(=O)OC(C)(C)C)c4)cc(COc4cc(C(=O)OC(C)(C)C)cc(C(=O)OC(C)(C)C)c4)c3)c2)cc(C(=O)OC(C)(C)C)c1. The minimum atomic E-state index is -0.854. The minimum absolute atomic E-state index is 0.0305. The number of hydrogen-bond donors (Lipinski definition) is 0. The summed E-state index contributed by atoms with van der Waals surface area (Å²) in [5.41, 5.74) is -2.79. The summed E-state index contributed by atoms with van der Waals surface area (Å²) in [6, 6.07) is 28.8. The molecule has 0 N–H and O–H groups in total. The zero-order chi connectivity index (χ0) is 79.3. The molecular formula is C85H106O21. The summed E-state index contributed by atoms with van der Waals surface area (Å²) in [5, 5.41) is 0. The summed E-state index contributed by atoms with van der Waals surface area (Å²) in [4.78, 5) is 108. The fraction of sp³-hybridized carbons (Fsp3) is 0.459. The molecule has 21 heteroatoms. The minimum Gasteiger partial charge on any atom is -0.490 e. The van der Waals surface area contributed by atoms with E-state index in [2.05, 4.69) is 0 Å². The van der Waals surface area contributed by atoms with E-state index in [-0.39, 0.29) is 94.8 Å². The molecule has 0 aromatic heterocycles. The molecular weight excluding hydrogens is 1360 g/mol. The molecule has 6 aromatic rings. The van der Waals surface area contributed by atoms with E-state index in [9.17, 15) is 38.4 Å². The highest BCUT2D eigenvalue weighted by molar-refractivity contribution is 5.99. The van der Waals surface area contributed by atoms with E-state index in [0.29, 0.717) is 46.6 Å². The van der Waals surface area contributed by atoms with Crippen LogP contribution in [0.2, 0.25) is 0 Å². The lowest BCUT2D eigenvalue weighted by molar-refractivity contribution is 0.00457. The van der Waals surface area contributed by atoms with Crippen molar-refractivity contribution in [3.05, 3.63) is 194 Å². The van der Waals surface area contributed by atoms with Gasteiger partial charge >= 0.3 is 47.8 Å². The highest BCUT2D eigenvalue weighted by atomic mass is 16.6. The Hall–Kier alpha value is -10.2. The molecule has 0 radical (unpaired) electrons. The molecule has 21 nitrogen and oxygen atoms in total. The number of carbonyl (C=O) groups excluding carboxylic acids is 8. The Bertz CT molecular complexity index is 3500. The summed E-state index contributed by atoms with van der Waals surface area (Å²) in [7, 11) is 0. The number of ether oxygens (including phenoxy) is 13. The molecule has 0 atom stereocenters. The maximum Gasteiger partial charge on any atom is 0.338 e. The average Bonchev–Trinajstić information content (AvgIpc) is 0.819. The first-order chi connectivity index (χ1) is 48.7. The normalized spacial score (nSPS) is 12.3. The Morgan fingerprint density at radius 1 is 0.217 bits per heavy atom. The molecule has 0 spiro atoms. The molecule has 0 saturated carbocycles. The highest BCUT2D eigenvalue weighted by Crippen LogP contribution is 2.31. The molecule has 0 aliphatic carbocycles. The van der Waals surface area contributed by atoms with E-state index in [4.69, 9.17) is 61.6 Å². The van der Waals surface area contributed by atoms with Crippen molar-refractivity contribution in [1.82, 2.24) is 0 Å². The molecule has 6 rings (SSSR count). The van der Waals surface area contributed by atoms with Crippen LogP contribution >= 0.6 is 0 Å². The van der Waals surface area contributed by atoms with E-state index in [1.54, 1.807) is 215 Å². The fourth-order valence-electron chi connectivity index (χ4n) is 9.75. The summed E-state index contributed by atoms with van der Waals surface area (Å²) in [6.07, 6.45) is 4.25. The van der Waals surface area contributed by atoms with E-state index in [1.165, 1.54) is 60.7 Å². The number of hydrogen-bond acceptors (Lipinski definition) is 21. The first kappa shape index (κ1) is 84.8.